The number of aliphatic hydroxyl groups excluding tert-OH is 1. The van der Waals surface area contributed by atoms with Gasteiger partial charge in [-0.25, -0.2) is 0 Å². The highest BCUT2D eigenvalue weighted by Gasteiger charge is 2.47. The van der Waals surface area contributed by atoms with E-state index < -0.39 is 23.1 Å². The van der Waals surface area contributed by atoms with Gasteiger partial charge in [0.2, 0.25) is 0 Å². The van der Waals surface area contributed by atoms with Crippen molar-refractivity contribution in [3.05, 3.63) is 65.2 Å². The van der Waals surface area contributed by atoms with Gasteiger partial charge in [-0.15, -0.1) is 0 Å². The molecule has 0 bridgehead atoms. The van der Waals surface area contributed by atoms with Crippen LogP contribution >= 0.6 is 0 Å². The Morgan fingerprint density at radius 3 is 2.43 bits per heavy atom. The first-order valence-corrected chi connectivity index (χ1v) is 9.04. The van der Waals surface area contributed by atoms with Crippen LogP contribution in [0.3, 0.4) is 0 Å². The molecule has 1 aliphatic heterocycles. The standard InChI is InChI=1S/C22H24N2O4/c1-13-10-11-14(12-23-13)24-18(15-8-6-7-9-16(15)28-5)17(19(25)21(24)27)20(26)22(2,3)4/h6-12,18,25H,1-5H3. The maximum Gasteiger partial charge on any atom is 0.294 e. The molecule has 1 aliphatic rings. The lowest BCUT2D eigenvalue weighted by molar-refractivity contribution is -0.123. The van der Waals surface area contributed by atoms with Crippen molar-refractivity contribution >= 4 is 17.4 Å². The second-order valence-corrected chi connectivity index (χ2v) is 7.82. The van der Waals surface area contributed by atoms with Gasteiger partial charge in [0, 0.05) is 16.7 Å². The van der Waals surface area contributed by atoms with Gasteiger partial charge in [0.05, 0.1) is 30.6 Å². The number of rotatable bonds is 4. The van der Waals surface area contributed by atoms with Crippen LogP contribution in [0.15, 0.2) is 53.9 Å². The number of aromatic nitrogens is 1. The fraction of sp³-hybridized carbons (Fsp3) is 0.318. The molecule has 1 aromatic heterocycles. The molecule has 28 heavy (non-hydrogen) atoms. The number of Topliss-reactive ketones (excluding diaryl/α,β-unsaturated/α-hetero) is 1. The van der Waals surface area contributed by atoms with Crippen LogP contribution in [0.2, 0.25) is 0 Å². The van der Waals surface area contributed by atoms with Gasteiger partial charge in [0.25, 0.3) is 5.91 Å². The smallest absolute Gasteiger partial charge is 0.294 e. The molecule has 6 heteroatoms. The molecule has 1 unspecified atom stereocenters. The van der Waals surface area contributed by atoms with E-state index in [2.05, 4.69) is 4.98 Å². The summed E-state index contributed by atoms with van der Waals surface area (Å²) in [6.07, 6.45) is 1.56. The van der Waals surface area contributed by atoms with Crippen molar-refractivity contribution in [1.29, 1.82) is 0 Å². The van der Waals surface area contributed by atoms with Crippen molar-refractivity contribution in [2.24, 2.45) is 5.41 Å². The predicted molar refractivity (Wildman–Crippen MR) is 106 cm³/mol. The Bertz CT molecular complexity index is 955. The lowest BCUT2D eigenvalue weighted by atomic mass is 9.82. The maximum absolute atomic E-state index is 13.2. The number of aryl methyl sites for hydroxylation is 1. The van der Waals surface area contributed by atoms with Crippen molar-refractivity contribution < 1.29 is 19.4 Å². The number of aliphatic hydroxyl groups is 1. The van der Waals surface area contributed by atoms with Crippen LogP contribution in [0.4, 0.5) is 5.69 Å². The van der Waals surface area contributed by atoms with Gasteiger partial charge in [0.1, 0.15) is 5.75 Å². The molecule has 146 valence electrons. The van der Waals surface area contributed by atoms with Crippen LogP contribution in [-0.4, -0.2) is 28.9 Å². The van der Waals surface area contributed by atoms with Gasteiger partial charge in [-0.3, -0.25) is 19.5 Å². The van der Waals surface area contributed by atoms with Crippen LogP contribution in [-0.2, 0) is 9.59 Å². The lowest BCUT2D eigenvalue weighted by Gasteiger charge is -2.29. The Morgan fingerprint density at radius 2 is 1.86 bits per heavy atom. The molecule has 0 fully saturated rings. The summed E-state index contributed by atoms with van der Waals surface area (Å²) in [5, 5.41) is 10.7. The van der Waals surface area contributed by atoms with E-state index in [4.69, 9.17) is 4.74 Å². The Labute approximate surface area is 164 Å². The molecule has 6 nitrogen and oxygen atoms in total. The van der Waals surface area contributed by atoms with E-state index in [0.717, 1.165) is 5.69 Å². The molecule has 3 rings (SSSR count). The third kappa shape index (κ3) is 3.26. The number of anilines is 1. The minimum Gasteiger partial charge on any atom is -0.503 e. The number of carbonyl (C=O) groups is 2. The normalized spacial score (nSPS) is 17.2. The first-order valence-electron chi connectivity index (χ1n) is 9.04. The van der Waals surface area contributed by atoms with Gasteiger partial charge >= 0.3 is 0 Å². The van der Waals surface area contributed by atoms with Crippen molar-refractivity contribution in [2.75, 3.05) is 12.0 Å². The summed E-state index contributed by atoms with van der Waals surface area (Å²) in [6, 6.07) is 9.90. The third-order valence-electron chi connectivity index (χ3n) is 4.74. The average Bonchev–Trinajstić information content (AvgIpc) is 2.92. The number of benzene rings is 1. The molecular formula is C22H24N2O4. The molecule has 2 aromatic rings. The SMILES string of the molecule is COc1ccccc1C1C(C(=O)C(C)(C)C)=C(O)C(=O)N1c1ccc(C)nc1. The Balaban J connectivity index is 2.25. The number of hydrogen-bond donors (Lipinski definition) is 1. The largest absolute Gasteiger partial charge is 0.503 e. The summed E-state index contributed by atoms with van der Waals surface area (Å²) in [6.45, 7) is 7.12. The molecule has 1 N–H and O–H groups in total. The molecular weight excluding hydrogens is 356 g/mol. The van der Waals surface area contributed by atoms with Crippen LogP contribution < -0.4 is 9.64 Å². The van der Waals surface area contributed by atoms with Crippen LogP contribution in [0.5, 0.6) is 5.75 Å². The molecule has 0 spiro atoms. The molecule has 2 heterocycles. The minimum atomic E-state index is -0.806. The second-order valence-electron chi connectivity index (χ2n) is 7.82. The molecule has 0 saturated heterocycles. The number of ketones is 1. The summed E-state index contributed by atoms with van der Waals surface area (Å²) in [5.41, 5.74) is 1.21. The lowest BCUT2D eigenvalue weighted by Crippen LogP contribution is -2.33. The minimum absolute atomic E-state index is 0.0718. The summed E-state index contributed by atoms with van der Waals surface area (Å²) in [4.78, 5) is 31.9. The number of nitrogens with zero attached hydrogens (tertiary/aromatic N) is 2. The first kappa shape index (κ1) is 19.6. The zero-order chi connectivity index (χ0) is 20.6. The zero-order valence-electron chi connectivity index (χ0n) is 16.7. The summed E-state index contributed by atoms with van der Waals surface area (Å²) < 4.78 is 5.48. The average molecular weight is 380 g/mol. The second kappa shape index (κ2) is 7.11. The zero-order valence-corrected chi connectivity index (χ0v) is 16.7. The highest BCUT2D eigenvalue weighted by Crippen LogP contribution is 2.45. The van der Waals surface area contributed by atoms with Crippen molar-refractivity contribution in [2.45, 2.75) is 33.7 Å². The maximum atomic E-state index is 13.2. The van der Waals surface area contributed by atoms with E-state index in [-0.39, 0.29) is 11.4 Å². The number of hydrogen-bond acceptors (Lipinski definition) is 5. The van der Waals surface area contributed by atoms with E-state index >= 15 is 0 Å². The van der Waals surface area contributed by atoms with Gasteiger partial charge in [-0.05, 0) is 25.1 Å². The van der Waals surface area contributed by atoms with Crippen LogP contribution in [0, 0.1) is 12.3 Å². The van der Waals surface area contributed by atoms with Crippen molar-refractivity contribution in [3.8, 4) is 5.75 Å². The Hall–Kier alpha value is -3.15. The fourth-order valence-corrected chi connectivity index (χ4v) is 3.30. The van der Waals surface area contributed by atoms with Gasteiger partial charge < -0.3 is 9.84 Å². The third-order valence-corrected chi connectivity index (χ3v) is 4.74. The quantitative estimate of drug-likeness (QED) is 0.870. The van der Waals surface area contributed by atoms with E-state index in [1.54, 1.807) is 51.2 Å². The number of amides is 1. The molecule has 0 saturated carbocycles. The number of methoxy groups -OCH3 is 1. The predicted octanol–water partition coefficient (Wildman–Crippen LogP) is 3.91. The molecule has 1 atom stereocenters. The number of ether oxygens (including phenoxy) is 1. The van der Waals surface area contributed by atoms with Gasteiger partial charge in [-0.2, -0.15) is 0 Å². The van der Waals surface area contributed by atoms with Gasteiger partial charge in [-0.1, -0.05) is 39.0 Å². The number of carbonyl (C=O) groups excluding carboxylic acids is 2. The van der Waals surface area contributed by atoms with Gasteiger partial charge in [0.15, 0.2) is 11.5 Å². The number of para-hydroxylation sites is 1. The van der Waals surface area contributed by atoms with E-state index in [0.29, 0.717) is 17.0 Å². The first-order chi connectivity index (χ1) is 13.2. The van der Waals surface area contributed by atoms with Crippen molar-refractivity contribution in [3.63, 3.8) is 0 Å². The molecule has 0 radical (unpaired) electrons. The fourth-order valence-electron chi connectivity index (χ4n) is 3.30. The van der Waals surface area contributed by atoms with E-state index in [1.165, 1.54) is 12.0 Å². The van der Waals surface area contributed by atoms with Crippen LogP contribution in [0.1, 0.15) is 38.1 Å². The Kier molecular flexibility index (Phi) is 4.98. The highest BCUT2D eigenvalue weighted by atomic mass is 16.5. The summed E-state index contributed by atoms with van der Waals surface area (Å²) >= 11 is 0. The molecule has 1 aromatic carbocycles. The topological polar surface area (TPSA) is 79.7 Å². The Morgan fingerprint density at radius 1 is 1.18 bits per heavy atom. The highest BCUT2D eigenvalue weighted by molar-refractivity contribution is 6.17. The van der Waals surface area contributed by atoms with Crippen molar-refractivity contribution in [1.82, 2.24) is 4.98 Å². The monoisotopic (exact) mass is 380 g/mol. The van der Waals surface area contributed by atoms with Crippen LogP contribution in [0.25, 0.3) is 0 Å². The summed E-state index contributed by atoms with van der Waals surface area (Å²) in [5.74, 6) is -0.929. The number of pyridine rings is 1. The molecule has 1 amide bonds. The summed E-state index contributed by atoms with van der Waals surface area (Å²) in [7, 11) is 1.53. The molecule has 0 aliphatic carbocycles. The van der Waals surface area contributed by atoms with E-state index in [1.807, 2.05) is 19.1 Å². The van der Waals surface area contributed by atoms with E-state index in [9.17, 15) is 14.7 Å².